The van der Waals surface area contributed by atoms with Gasteiger partial charge in [-0.3, -0.25) is 9.36 Å². The first-order valence-corrected chi connectivity index (χ1v) is 14.4. The third-order valence-corrected chi connectivity index (χ3v) is 8.40. The Morgan fingerprint density at radius 3 is 2.62 bits per heavy atom. The first kappa shape index (κ1) is 27.3. The lowest BCUT2D eigenvalue weighted by Gasteiger charge is -2.26. The minimum atomic E-state index is -0.755. The largest absolute Gasteiger partial charge is 0.493 e. The number of carbonyl (C=O) groups excluding carboxylic acids is 1. The van der Waals surface area contributed by atoms with Crippen LogP contribution in [0.25, 0.3) is 6.08 Å². The quantitative estimate of drug-likeness (QED) is 0.368. The molecule has 0 aliphatic carbocycles. The summed E-state index contributed by atoms with van der Waals surface area (Å²) in [6.45, 7) is 5.58. The van der Waals surface area contributed by atoms with Crippen LogP contribution in [0.1, 0.15) is 50.5 Å². The number of esters is 1. The number of fused-ring (bicyclic) bond motifs is 1. The molecule has 9 nitrogen and oxygen atoms in total. The fourth-order valence-electron chi connectivity index (χ4n) is 5.02. The van der Waals surface area contributed by atoms with Gasteiger partial charge < -0.3 is 23.5 Å². The highest BCUT2D eigenvalue weighted by atomic mass is 79.9. The number of benzene rings is 1. The number of hydrogen-bond acceptors (Lipinski definition) is 9. The topological polar surface area (TPSA) is 95.5 Å². The lowest BCUT2D eigenvalue weighted by Crippen LogP contribution is -2.39. The van der Waals surface area contributed by atoms with Crippen molar-refractivity contribution >= 4 is 45.2 Å². The molecular weight excluding hydrogens is 586 g/mol. The van der Waals surface area contributed by atoms with Gasteiger partial charge >= 0.3 is 5.97 Å². The van der Waals surface area contributed by atoms with Gasteiger partial charge in [0.05, 0.1) is 47.1 Å². The third kappa shape index (κ3) is 5.17. The van der Waals surface area contributed by atoms with Crippen molar-refractivity contribution in [1.29, 1.82) is 0 Å². The molecule has 0 saturated carbocycles. The maximum absolute atomic E-state index is 13.9. The number of anilines is 1. The average molecular weight is 617 g/mol. The molecule has 0 spiro atoms. The van der Waals surface area contributed by atoms with Gasteiger partial charge in [-0.25, -0.2) is 9.79 Å². The molecule has 1 aromatic carbocycles. The standard InChI is InChI=1S/C28H30BrN3O6S/c1-5-37-27(34)23-16(2)30-28-32(24(23)17-9-10-20(35-3)21(13-17)36-4)25(33)22(39-28)15-18-14-19(29)26(38-18)31-11-7-6-8-12-31/h9-10,13-15,24H,5-8,11-12H2,1-4H3/b22-15+/t24-/m0/s1. The van der Waals surface area contributed by atoms with E-state index in [0.717, 1.165) is 36.3 Å². The van der Waals surface area contributed by atoms with Crippen molar-refractivity contribution < 1.29 is 23.4 Å². The van der Waals surface area contributed by atoms with Crippen molar-refractivity contribution in [1.82, 2.24) is 4.57 Å². The molecule has 0 bridgehead atoms. The van der Waals surface area contributed by atoms with Crippen LogP contribution >= 0.6 is 27.3 Å². The minimum absolute atomic E-state index is 0.200. The molecule has 1 atom stereocenters. The van der Waals surface area contributed by atoms with E-state index in [1.165, 1.54) is 17.8 Å². The second-order valence-electron chi connectivity index (χ2n) is 9.27. The van der Waals surface area contributed by atoms with Gasteiger partial charge in [0.15, 0.2) is 16.3 Å². The first-order valence-electron chi connectivity index (χ1n) is 12.8. The van der Waals surface area contributed by atoms with Crippen LogP contribution in [0.5, 0.6) is 11.5 Å². The van der Waals surface area contributed by atoms with Crippen LogP contribution in [0, 0.1) is 0 Å². The number of rotatable bonds is 7. The molecule has 2 aliphatic rings. The number of aromatic nitrogens is 1. The molecule has 1 fully saturated rings. The van der Waals surface area contributed by atoms with Crippen LogP contribution in [-0.4, -0.2) is 44.5 Å². The Morgan fingerprint density at radius 2 is 1.92 bits per heavy atom. The Bertz CT molecular complexity index is 1610. The van der Waals surface area contributed by atoms with E-state index in [2.05, 4.69) is 25.8 Å². The zero-order chi connectivity index (χ0) is 27.7. The van der Waals surface area contributed by atoms with Gasteiger partial charge in [-0.15, -0.1) is 0 Å². The van der Waals surface area contributed by atoms with Crippen LogP contribution in [0.3, 0.4) is 0 Å². The first-order chi connectivity index (χ1) is 18.9. The van der Waals surface area contributed by atoms with Gasteiger partial charge in [-0.1, -0.05) is 17.4 Å². The van der Waals surface area contributed by atoms with Crippen LogP contribution in [-0.2, 0) is 9.53 Å². The summed E-state index contributed by atoms with van der Waals surface area (Å²) in [7, 11) is 3.10. The fourth-order valence-corrected chi connectivity index (χ4v) is 6.60. The number of carbonyl (C=O) groups is 1. The highest BCUT2D eigenvalue weighted by Gasteiger charge is 2.34. The molecule has 0 radical (unpaired) electrons. The molecule has 11 heteroatoms. The molecule has 2 aliphatic heterocycles. The number of piperidine rings is 1. The van der Waals surface area contributed by atoms with Crippen molar-refractivity contribution in [3.05, 3.63) is 71.0 Å². The number of thiazole rings is 1. The van der Waals surface area contributed by atoms with Crippen LogP contribution in [0.4, 0.5) is 5.88 Å². The summed E-state index contributed by atoms with van der Waals surface area (Å²) in [5.41, 5.74) is 1.19. The smallest absolute Gasteiger partial charge is 0.338 e. The highest BCUT2D eigenvalue weighted by Crippen LogP contribution is 2.36. The van der Waals surface area contributed by atoms with Gasteiger partial charge in [0.1, 0.15) is 5.76 Å². The summed E-state index contributed by atoms with van der Waals surface area (Å²) in [6, 6.07) is 6.46. The van der Waals surface area contributed by atoms with E-state index in [9.17, 15) is 9.59 Å². The summed E-state index contributed by atoms with van der Waals surface area (Å²) in [5, 5.41) is 0. The Morgan fingerprint density at radius 1 is 1.18 bits per heavy atom. The summed E-state index contributed by atoms with van der Waals surface area (Å²) in [6.07, 6.45) is 5.20. The second kappa shape index (κ2) is 11.4. The maximum Gasteiger partial charge on any atom is 0.338 e. The molecule has 2 aromatic heterocycles. The van der Waals surface area contributed by atoms with E-state index < -0.39 is 12.0 Å². The number of methoxy groups -OCH3 is 2. The summed E-state index contributed by atoms with van der Waals surface area (Å²) >= 11 is 4.87. The van der Waals surface area contributed by atoms with E-state index in [0.29, 0.717) is 43.4 Å². The predicted octanol–water partition coefficient (Wildman–Crippen LogP) is 4.16. The van der Waals surface area contributed by atoms with Crippen molar-refractivity contribution in [2.45, 2.75) is 39.2 Å². The molecular formula is C28H30BrN3O6S. The fraction of sp³-hybridized carbons (Fsp3) is 0.393. The van der Waals surface area contributed by atoms with Gasteiger partial charge in [-0.05, 0) is 66.7 Å². The van der Waals surface area contributed by atoms with Gasteiger partial charge in [0.25, 0.3) is 5.56 Å². The molecule has 3 aromatic rings. The van der Waals surface area contributed by atoms with Gasteiger partial charge in [0.2, 0.25) is 5.88 Å². The molecule has 0 N–H and O–H groups in total. The van der Waals surface area contributed by atoms with E-state index in [1.54, 1.807) is 50.8 Å². The Kier molecular flexibility index (Phi) is 7.99. The zero-order valence-electron chi connectivity index (χ0n) is 22.3. The average Bonchev–Trinajstić information content (AvgIpc) is 3.46. The van der Waals surface area contributed by atoms with Crippen LogP contribution in [0.2, 0.25) is 0 Å². The predicted molar refractivity (Wildman–Crippen MR) is 152 cm³/mol. The molecule has 39 heavy (non-hydrogen) atoms. The highest BCUT2D eigenvalue weighted by molar-refractivity contribution is 9.10. The van der Waals surface area contributed by atoms with Crippen LogP contribution < -0.4 is 29.3 Å². The Balaban J connectivity index is 1.65. The number of nitrogens with zero attached hydrogens (tertiary/aromatic N) is 3. The second-order valence-corrected chi connectivity index (χ2v) is 11.1. The lowest BCUT2D eigenvalue weighted by atomic mass is 9.95. The molecule has 5 rings (SSSR count). The molecule has 1 saturated heterocycles. The van der Waals surface area contributed by atoms with Crippen molar-refractivity contribution in [2.24, 2.45) is 4.99 Å². The lowest BCUT2D eigenvalue weighted by molar-refractivity contribution is -0.139. The Labute approximate surface area is 238 Å². The zero-order valence-corrected chi connectivity index (χ0v) is 24.7. The van der Waals surface area contributed by atoms with E-state index in [-0.39, 0.29) is 12.2 Å². The third-order valence-electron chi connectivity index (χ3n) is 6.84. The van der Waals surface area contributed by atoms with E-state index in [4.69, 9.17) is 18.6 Å². The molecule has 4 heterocycles. The summed E-state index contributed by atoms with van der Waals surface area (Å²) < 4.78 is 25.3. The van der Waals surface area contributed by atoms with Gasteiger partial charge in [-0.2, -0.15) is 0 Å². The number of halogens is 1. The normalized spacial score (nSPS) is 17.6. The monoisotopic (exact) mass is 615 g/mol. The van der Waals surface area contributed by atoms with Crippen molar-refractivity contribution in [3.63, 3.8) is 0 Å². The van der Waals surface area contributed by atoms with E-state index in [1.807, 2.05) is 12.1 Å². The molecule has 0 amide bonds. The maximum atomic E-state index is 13.9. The van der Waals surface area contributed by atoms with E-state index >= 15 is 0 Å². The number of hydrogen-bond donors (Lipinski definition) is 0. The van der Waals surface area contributed by atoms with Crippen LogP contribution in [0.15, 0.2) is 54.2 Å². The summed E-state index contributed by atoms with van der Waals surface area (Å²) in [5.74, 6) is 1.85. The van der Waals surface area contributed by atoms with Crippen molar-refractivity contribution in [3.8, 4) is 11.5 Å². The number of furan rings is 1. The number of ether oxygens (including phenoxy) is 3. The van der Waals surface area contributed by atoms with Crippen molar-refractivity contribution in [2.75, 3.05) is 38.8 Å². The van der Waals surface area contributed by atoms with Gasteiger partial charge in [0, 0.05) is 25.2 Å². The SMILES string of the molecule is CCOC(=O)C1=C(C)N=c2s/c(=C/c3cc(Br)c(N4CCCCC4)o3)c(=O)n2[C@H]1c1ccc(OC)c(OC)c1. The summed E-state index contributed by atoms with van der Waals surface area (Å²) in [4.78, 5) is 34.4. The molecule has 0 unspecified atom stereocenters. The minimum Gasteiger partial charge on any atom is -0.493 e. The Hall–Kier alpha value is -3.31. The molecule has 206 valence electrons. The number of allylic oxidation sites excluding steroid dienone is 1.